The Kier molecular flexibility index (Phi) is 5.99. The normalized spacial score (nSPS) is 23.8. The van der Waals surface area contributed by atoms with Crippen molar-refractivity contribution in [1.29, 1.82) is 0 Å². The smallest absolute Gasteiger partial charge is 0.236 e. The first-order valence-corrected chi connectivity index (χ1v) is 10.2. The van der Waals surface area contributed by atoms with Crippen LogP contribution in [0, 0.1) is 0 Å². The summed E-state index contributed by atoms with van der Waals surface area (Å²) in [5, 5.41) is 0.775. The number of hydrogen-bond donors (Lipinski definition) is 0. The van der Waals surface area contributed by atoms with Crippen LogP contribution in [-0.2, 0) is 20.8 Å². The van der Waals surface area contributed by atoms with Crippen LogP contribution in [-0.4, -0.2) is 85.4 Å². The van der Waals surface area contributed by atoms with Gasteiger partial charge >= 0.3 is 0 Å². The van der Waals surface area contributed by atoms with Crippen molar-refractivity contribution in [3.8, 4) is 0 Å². The number of halogens is 1. The summed E-state index contributed by atoms with van der Waals surface area (Å²) >= 11 is 5.95. The zero-order valence-electron chi connectivity index (χ0n) is 15.7. The van der Waals surface area contributed by atoms with E-state index in [0.29, 0.717) is 19.8 Å². The molecular weight excluding hydrogens is 366 g/mol. The van der Waals surface area contributed by atoms with Crippen LogP contribution in [0.25, 0.3) is 0 Å². The number of rotatable bonds is 4. The summed E-state index contributed by atoms with van der Waals surface area (Å²) in [7, 11) is 0. The van der Waals surface area contributed by atoms with Gasteiger partial charge in [-0.25, -0.2) is 0 Å². The third-order valence-corrected chi connectivity index (χ3v) is 6.09. The molecule has 0 saturated carbocycles. The Balaban J connectivity index is 1.19. The average molecular weight is 394 g/mol. The van der Waals surface area contributed by atoms with Crippen LogP contribution >= 0.6 is 11.6 Å². The third-order valence-electron chi connectivity index (χ3n) is 5.83. The lowest BCUT2D eigenvalue weighted by Gasteiger charge is -2.39. The minimum Gasteiger partial charge on any atom is -0.347 e. The fourth-order valence-electron chi connectivity index (χ4n) is 4.13. The highest BCUT2D eigenvalue weighted by atomic mass is 35.5. The van der Waals surface area contributed by atoms with Gasteiger partial charge in [0.2, 0.25) is 5.91 Å². The molecule has 3 saturated heterocycles. The molecule has 3 fully saturated rings. The minimum absolute atomic E-state index is 0.231. The summed E-state index contributed by atoms with van der Waals surface area (Å²) in [6, 6.07) is 8.05. The van der Waals surface area contributed by atoms with Gasteiger partial charge < -0.3 is 14.4 Å². The number of ether oxygens (including phenoxy) is 2. The number of piperidine rings is 1. The zero-order chi connectivity index (χ0) is 18.7. The lowest BCUT2D eigenvalue weighted by molar-refractivity contribution is -0.187. The highest BCUT2D eigenvalue weighted by Gasteiger charge is 2.40. The number of benzene rings is 1. The van der Waals surface area contributed by atoms with Crippen molar-refractivity contribution in [3.63, 3.8) is 0 Å². The maximum Gasteiger partial charge on any atom is 0.236 e. The molecule has 6 nitrogen and oxygen atoms in total. The van der Waals surface area contributed by atoms with Gasteiger partial charge in [0, 0.05) is 63.7 Å². The lowest BCUT2D eigenvalue weighted by atomic mass is 10.0. The van der Waals surface area contributed by atoms with Gasteiger partial charge in [0.15, 0.2) is 5.79 Å². The summed E-state index contributed by atoms with van der Waals surface area (Å²) < 4.78 is 11.5. The Labute approximate surface area is 165 Å². The molecule has 3 aliphatic heterocycles. The van der Waals surface area contributed by atoms with Gasteiger partial charge in [-0.3, -0.25) is 14.6 Å². The number of carbonyl (C=O) groups is 1. The predicted octanol–water partition coefficient (Wildman–Crippen LogP) is 1.82. The average Bonchev–Trinajstić information content (AvgIpc) is 3.13. The SMILES string of the molecule is O=C(CN1CCN(Cc2ccc(Cl)cc2)CC1)N1CCC2(CC1)OCCO2. The minimum atomic E-state index is -0.413. The summed E-state index contributed by atoms with van der Waals surface area (Å²) in [6.45, 7) is 8.11. The molecule has 148 valence electrons. The second kappa shape index (κ2) is 8.45. The predicted molar refractivity (Wildman–Crippen MR) is 104 cm³/mol. The third kappa shape index (κ3) is 4.81. The first-order chi connectivity index (χ1) is 13.1. The second-order valence-corrected chi connectivity index (χ2v) is 8.10. The number of amides is 1. The quantitative estimate of drug-likeness (QED) is 0.780. The number of hydrogen-bond acceptors (Lipinski definition) is 5. The zero-order valence-corrected chi connectivity index (χ0v) is 16.5. The van der Waals surface area contributed by atoms with Gasteiger partial charge in [0.1, 0.15) is 0 Å². The van der Waals surface area contributed by atoms with Crippen molar-refractivity contribution in [3.05, 3.63) is 34.9 Å². The Hall–Kier alpha value is -1.18. The molecule has 1 aromatic rings. The summed E-state index contributed by atoms with van der Waals surface area (Å²) in [6.07, 6.45) is 1.57. The topological polar surface area (TPSA) is 45.3 Å². The molecule has 0 radical (unpaired) electrons. The van der Waals surface area contributed by atoms with Gasteiger partial charge in [0.25, 0.3) is 0 Å². The fraction of sp³-hybridized carbons (Fsp3) is 0.650. The highest BCUT2D eigenvalue weighted by molar-refractivity contribution is 6.30. The molecule has 1 aromatic carbocycles. The standard InChI is InChI=1S/C20H28ClN3O3/c21-18-3-1-17(2-4-18)15-22-9-11-23(12-10-22)16-19(25)24-7-5-20(6-8-24)26-13-14-27-20/h1-4H,5-16H2. The van der Waals surface area contributed by atoms with Crippen LogP contribution in [0.4, 0.5) is 0 Å². The second-order valence-electron chi connectivity index (χ2n) is 7.67. The fourth-order valence-corrected chi connectivity index (χ4v) is 4.25. The molecule has 1 amide bonds. The van der Waals surface area contributed by atoms with Crippen molar-refractivity contribution >= 4 is 17.5 Å². The number of nitrogens with zero attached hydrogens (tertiary/aromatic N) is 3. The summed E-state index contributed by atoms with van der Waals surface area (Å²) in [5.41, 5.74) is 1.28. The van der Waals surface area contributed by atoms with E-state index >= 15 is 0 Å². The molecule has 0 bridgehead atoms. The van der Waals surface area contributed by atoms with Gasteiger partial charge in [0.05, 0.1) is 19.8 Å². The van der Waals surface area contributed by atoms with Crippen LogP contribution in [0.15, 0.2) is 24.3 Å². The highest BCUT2D eigenvalue weighted by Crippen LogP contribution is 2.31. The molecule has 0 aliphatic carbocycles. The Morgan fingerprint density at radius 2 is 1.52 bits per heavy atom. The van der Waals surface area contributed by atoms with E-state index < -0.39 is 5.79 Å². The van der Waals surface area contributed by atoms with Gasteiger partial charge in [-0.2, -0.15) is 0 Å². The van der Waals surface area contributed by atoms with Crippen molar-refractivity contribution in [2.24, 2.45) is 0 Å². The van der Waals surface area contributed by atoms with E-state index in [1.54, 1.807) is 0 Å². The first-order valence-electron chi connectivity index (χ1n) is 9.87. The van der Waals surface area contributed by atoms with E-state index in [4.69, 9.17) is 21.1 Å². The summed E-state index contributed by atoms with van der Waals surface area (Å²) in [4.78, 5) is 19.3. The molecular formula is C20H28ClN3O3. The molecule has 3 heterocycles. The van der Waals surface area contributed by atoms with Crippen LogP contribution < -0.4 is 0 Å². The van der Waals surface area contributed by atoms with E-state index in [1.807, 2.05) is 17.0 Å². The number of piperazine rings is 1. The van der Waals surface area contributed by atoms with Crippen molar-refractivity contribution in [2.75, 3.05) is 59.0 Å². The van der Waals surface area contributed by atoms with Crippen LogP contribution in [0.5, 0.6) is 0 Å². The van der Waals surface area contributed by atoms with Crippen molar-refractivity contribution in [2.45, 2.75) is 25.2 Å². The molecule has 0 unspecified atom stereocenters. The Morgan fingerprint density at radius 1 is 0.926 bits per heavy atom. The van der Waals surface area contributed by atoms with Crippen molar-refractivity contribution in [1.82, 2.24) is 14.7 Å². The van der Waals surface area contributed by atoms with E-state index in [2.05, 4.69) is 21.9 Å². The van der Waals surface area contributed by atoms with Crippen LogP contribution in [0.2, 0.25) is 5.02 Å². The first kappa shape index (κ1) is 19.2. The number of likely N-dealkylation sites (tertiary alicyclic amines) is 1. The van der Waals surface area contributed by atoms with E-state index in [0.717, 1.165) is 63.7 Å². The molecule has 27 heavy (non-hydrogen) atoms. The largest absolute Gasteiger partial charge is 0.347 e. The monoisotopic (exact) mass is 393 g/mol. The molecule has 0 atom stereocenters. The molecule has 1 spiro atoms. The Bertz CT molecular complexity index is 630. The Morgan fingerprint density at radius 3 is 2.15 bits per heavy atom. The molecule has 0 N–H and O–H groups in total. The molecule has 4 rings (SSSR count). The van der Waals surface area contributed by atoms with Crippen LogP contribution in [0.1, 0.15) is 18.4 Å². The van der Waals surface area contributed by atoms with Crippen molar-refractivity contribution < 1.29 is 14.3 Å². The lowest BCUT2D eigenvalue weighted by Crippen LogP contribution is -2.52. The maximum atomic E-state index is 12.7. The van der Waals surface area contributed by atoms with Crippen LogP contribution in [0.3, 0.4) is 0 Å². The molecule has 7 heteroatoms. The van der Waals surface area contributed by atoms with E-state index in [1.165, 1.54) is 5.56 Å². The number of carbonyl (C=O) groups excluding carboxylic acids is 1. The van der Waals surface area contributed by atoms with Gasteiger partial charge in [-0.05, 0) is 17.7 Å². The maximum absolute atomic E-state index is 12.7. The van der Waals surface area contributed by atoms with E-state index in [-0.39, 0.29) is 5.91 Å². The summed E-state index contributed by atoms with van der Waals surface area (Å²) in [5.74, 6) is -0.182. The molecule has 3 aliphatic rings. The van der Waals surface area contributed by atoms with Gasteiger partial charge in [-0.15, -0.1) is 0 Å². The molecule has 0 aromatic heterocycles. The van der Waals surface area contributed by atoms with Gasteiger partial charge in [-0.1, -0.05) is 23.7 Å². The van der Waals surface area contributed by atoms with E-state index in [9.17, 15) is 4.79 Å².